The van der Waals surface area contributed by atoms with E-state index in [1.54, 1.807) is 6.92 Å². The lowest BCUT2D eigenvalue weighted by Gasteiger charge is -2.19. The molecule has 0 aliphatic heterocycles. The van der Waals surface area contributed by atoms with E-state index in [0.29, 0.717) is 13.0 Å². The summed E-state index contributed by atoms with van der Waals surface area (Å²) in [5.74, 6) is 0.719. The monoisotopic (exact) mass is 283 g/mol. The van der Waals surface area contributed by atoms with Gasteiger partial charge in [0.1, 0.15) is 5.75 Å². The Balaban J connectivity index is 2.32. The highest BCUT2D eigenvalue weighted by molar-refractivity contribution is 5.89. The van der Waals surface area contributed by atoms with Crippen molar-refractivity contribution in [3.63, 3.8) is 0 Å². The molecule has 0 fully saturated rings. The van der Waals surface area contributed by atoms with Crippen molar-refractivity contribution in [1.82, 2.24) is 0 Å². The third-order valence-corrected chi connectivity index (χ3v) is 3.64. The van der Waals surface area contributed by atoms with Gasteiger partial charge in [-0.25, -0.2) is 0 Å². The predicted octanol–water partition coefficient (Wildman–Crippen LogP) is 4.21. The summed E-state index contributed by atoms with van der Waals surface area (Å²) in [6, 6.07) is 14.1. The smallest absolute Gasteiger partial charge is 0.132 e. The second kappa shape index (κ2) is 6.15. The average molecular weight is 283 g/mol. The molecule has 2 rings (SSSR count). The Morgan fingerprint density at radius 3 is 2.62 bits per heavy atom. The molecule has 0 radical (unpaired) electrons. The minimum absolute atomic E-state index is 0.407. The molecule has 3 nitrogen and oxygen atoms in total. The second-order valence-corrected chi connectivity index (χ2v) is 5.98. The van der Waals surface area contributed by atoms with Crippen LogP contribution in [0.1, 0.15) is 38.9 Å². The standard InChI is InChI=1S/C18H21NO2/c1-13(20)15-9-8-14-6-4-5-7-16(14)17(15)21-11-10-18(2,3)12-19/h4-9,13,20H,10-11H2,1-3H3/t13-/m0/s1. The van der Waals surface area contributed by atoms with Crippen molar-refractivity contribution < 1.29 is 9.84 Å². The third-order valence-electron chi connectivity index (χ3n) is 3.64. The van der Waals surface area contributed by atoms with Gasteiger partial charge in [-0.3, -0.25) is 0 Å². The summed E-state index contributed by atoms with van der Waals surface area (Å²) in [4.78, 5) is 0. The van der Waals surface area contributed by atoms with E-state index in [4.69, 9.17) is 10.00 Å². The van der Waals surface area contributed by atoms with Crippen molar-refractivity contribution in [1.29, 1.82) is 5.26 Å². The summed E-state index contributed by atoms with van der Waals surface area (Å²) in [6.45, 7) is 5.98. The molecule has 2 aromatic rings. The maximum Gasteiger partial charge on any atom is 0.132 e. The molecule has 0 saturated carbocycles. The molecular weight excluding hydrogens is 262 g/mol. The molecule has 0 bridgehead atoms. The van der Waals surface area contributed by atoms with Gasteiger partial charge in [0, 0.05) is 10.9 Å². The first kappa shape index (κ1) is 15.3. The van der Waals surface area contributed by atoms with Crippen molar-refractivity contribution in [2.45, 2.75) is 33.3 Å². The van der Waals surface area contributed by atoms with Gasteiger partial charge in [0.15, 0.2) is 0 Å². The van der Waals surface area contributed by atoms with Gasteiger partial charge in [-0.15, -0.1) is 0 Å². The number of nitrogens with zero attached hydrogens (tertiary/aromatic N) is 1. The maximum atomic E-state index is 9.94. The van der Waals surface area contributed by atoms with Crippen molar-refractivity contribution in [3.05, 3.63) is 42.0 Å². The lowest BCUT2D eigenvalue weighted by molar-refractivity contribution is 0.189. The minimum Gasteiger partial charge on any atom is -0.492 e. The van der Waals surface area contributed by atoms with E-state index in [0.717, 1.165) is 22.1 Å². The number of fused-ring (bicyclic) bond motifs is 1. The first-order chi connectivity index (χ1) is 9.94. The summed E-state index contributed by atoms with van der Waals surface area (Å²) in [5.41, 5.74) is 0.374. The van der Waals surface area contributed by atoms with Crippen LogP contribution in [0.3, 0.4) is 0 Å². The molecule has 0 amide bonds. The van der Waals surface area contributed by atoms with Gasteiger partial charge in [-0.2, -0.15) is 5.26 Å². The molecule has 21 heavy (non-hydrogen) atoms. The van der Waals surface area contributed by atoms with Crippen LogP contribution in [0.2, 0.25) is 0 Å². The van der Waals surface area contributed by atoms with Gasteiger partial charge in [0.05, 0.1) is 24.2 Å². The Bertz CT molecular complexity index is 668. The number of benzene rings is 2. The summed E-state index contributed by atoms with van der Waals surface area (Å²) in [5, 5.41) is 21.1. The largest absolute Gasteiger partial charge is 0.492 e. The Morgan fingerprint density at radius 1 is 1.24 bits per heavy atom. The quantitative estimate of drug-likeness (QED) is 0.894. The van der Waals surface area contributed by atoms with Gasteiger partial charge < -0.3 is 9.84 Å². The normalized spacial score (nSPS) is 12.9. The van der Waals surface area contributed by atoms with Crippen LogP contribution in [0.25, 0.3) is 10.8 Å². The fourth-order valence-corrected chi connectivity index (χ4v) is 2.21. The molecule has 0 aromatic heterocycles. The summed E-state index contributed by atoms with van der Waals surface area (Å²) in [7, 11) is 0. The van der Waals surface area contributed by atoms with Gasteiger partial charge >= 0.3 is 0 Å². The summed E-state index contributed by atoms with van der Waals surface area (Å²) >= 11 is 0. The number of ether oxygens (including phenoxy) is 1. The summed E-state index contributed by atoms with van der Waals surface area (Å²) in [6.07, 6.45) is 0.0555. The van der Waals surface area contributed by atoms with Crippen LogP contribution in [0.5, 0.6) is 5.75 Å². The predicted molar refractivity (Wildman–Crippen MR) is 84.1 cm³/mol. The van der Waals surface area contributed by atoms with Crippen molar-refractivity contribution in [2.75, 3.05) is 6.61 Å². The van der Waals surface area contributed by atoms with Crippen LogP contribution >= 0.6 is 0 Å². The molecule has 0 aliphatic carbocycles. The van der Waals surface area contributed by atoms with Crippen LogP contribution in [0, 0.1) is 16.7 Å². The van der Waals surface area contributed by atoms with E-state index in [1.807, 2.05) is 50.2 Å². The fourth-order valence-electron chi connectivity index (χ4n) is 2.21. The molecule has 0 unspecified atom stereocenters. The number of nitriles is 1. The Labute approximate surface area is 125 Å². The third kappa shape index (κ3) is 3.53. The van der Waals surface area contributed by atoms with E-state index in [9.17, 15) is 5.11 Å². The Morgan fingerprint density at radius 2 is 1.95 bits per heavy atom. The van der Waals surface area contributed by atoms with Gasteiger partial charge in [-0.1, -0.05) is 36.4 Å². The highest BCUT2D eigenvalue weighted by Gasteiger charge is 2.18. The topological polar surface area (TPSA) is 53.2 Å². The number of aliphatic hydroxyl groups is 1. The van der Waals surface area contributed by atoms with Crippen LogP contribution < -0.4 is 4.74 Å². The molecule has 0 spiro atoms. The van der Waals surface area contributed by atoms with Crippen LogP contribution in [0.15, 0.2) is 36.4 Å². The molecule has 1 atom stereocenters. The molecule has 1 N–H and O–H groups in total. The fraction of sp³-hybridized carbons (Fsp3) is 0.389. The number of hydrogen-bond acceptors (Lipinski definition) is 3. The average Bonchev–Trinajstić information content (AvgIpc) is 2.47. The zero-order valence-electron chi connectivity index (χ0n) is 12.8. The van der Waals surface area contributed by atoms with E-state index in [2.05, 4.69) is 6.07 Å². The van der Waals surface area contributed by atoms with Crippen LogP contribution in [-0.4, -0.2) is 11.7 Å². The van der Waals surface area contributed by atoms with Crippen molar-refractivity contribution in [3.8, 4) is 11.8 Å². The van der Waals surface area contributed by atoms with Crippen molar-refractivity contribution in [2.24, 2.45) is 5.41 Å². The van der Waals surface area contributed by atoms with Gasteiger partial charge in [-0.05, 0) is 32.6 Å². The lowest BCUT2D eigenvalue weighted by atomic mass is 9.92. The molecule has 2 aromatic carbocycles. The second-order valence-electron chi connectivity index (χ2n) is 5.98. The lowest BCUT2D eigenvalue weighted by Crippen LogP contribution is -2.14. The van der Waals surface area contributed by atoms with Crippen LogP contribution in [0.4, 0.5) is 0 Å². The first-order valence-corrected chi connectivity index (χ1v) is 7.18. The Kier molecular flexibility index (Phi) is 4.50. The van der Waals surface area contributed by atoms with Crippen molar-refractivity contribution >= 4 is 10.8 Å². The van der Waals surface area contributed by atoms with E-state index >= 15 is 0 Å². The van der Waals surface area contributed by atoms with E-state index in [1.165, 1.54) is 0 Å². The maximum absolute atomic E-state index is 9.94. The number of hydrogen-bond donors (Lipinski definition) is 1. The molecule has 3 heteroatoms. The van der Waals surface area contributed by atoms with Gasteiger partial charge in [0.2, 0.25) is 0 Å². The Hall–Kier alpha value is -2.05. The molecular formula is C18H21NO2. The summed E-state index contributed by atoms with van der Waals surface area (Å²) < 4.78 is 5.94. The molecule has 0 aliphatic rings. The molecule has 0 heterocycles. The van der Waals surface area contributed by atoms with E-state index in [-0.39, 0.29) is 0 Å². The number of aliphatic hydroxyl groups excluding tert-OH is 1. The zero-order chi connectivity index (χ0) is 15.5. The highest BCUT2D eigenvalue weighted by atomic mass is 16.5. The first-order valence-electron chi connectivity index (χ1n) is 7.18. The SMILES string of the molecule is C[C@H](O)c1ccc2ccccc2c1OCCC(C)(C)C#N. The van der Waals surface area contributed by atoms with Gasteiger partial charge in [0.25, 0.3) is 0 Å². The molecule has 0 saturated heterocycles. The minimum atomic E-state index is -0.589. The molecule has 110 valence electrons. The number of rotatable bonds is 5. The highest BCUT2D eigenvalue weighted by Crippen LogP contribution is 2.34. The van der Waals surface area contributed by atoms with Crippen LogP contribution in [-0.2, 0) is 0 Å². The van der Waals surface area contributed by atoms with E-state index < -0.39 is 11.5 Å². The zero-order valence-corrected chi connectivity index (χ0v) is 12.8.